The van der Waals surface area contributed by atoms with E-state index in [2.05, 4.69) is 10.3 Å². The van der Waals surface area contributed by atoms with Gasteiger partial charge in [0.05, 0.1) is 6.04 Å². The number of nitrogens with zero attached hydrogens (tertiary/aromatic N) is 1. The molecule has 0 aliphatic carbocycles. The normalized spacial score (nSPS) is 11.8. The fraction of sp³-hybridized carbons (Fsp3) is 0.462. The van der Waals surface area contributed by atoms with Gasteiger partial charge in [-0.2, -0.15) is 0 Å². The van der Waals surface area contributed by atoms with E-state index < -0.39 is 5.97 Å². The van der Waals surface area contributed by atoms with E-state index in [0.717, 1.165) is 5.56 Å². The Morgan fingerprint density at radius 2 is 2.11 bits per heavy atom. The van der Waals surface area contributed by atoms with Crippen LogP contribution in [0.15, 0.2) is 24.5 Å². The van der Waals surface area contributed by atoms with Gasteiger partial charge < -0.3 is 10.4 Å². The number of rotatable bonds is 7. The lowest BCUT2D eigenvalue weighted by Gasteiger charge is -2.13. The quantitative estimate of drug-likeness (QED) is 0.724. The van der Waals surface area contributed by atoms with Crippen LogP contribution in [0, 0.1) is 0 Å². The molecular weight excluding hydrogens is 232 g/mol. The van der Waals surface area contributed by atoms with Crippen LogP contribution in [0.3, 0.4) is 0 Å². The van der Waals surface area contributed by atoms with Crippen molar-refractivity contribution in [2.45, 2.75) is 38.6 Å². The second-order valence-corrected chi connectivity index (χ2v) is 4.18. The standard InChI is InChI=1S/C13H18N2O3/c1-10(11-5-4-8-14-9-11)15-12(16)6-2-3-7-13(17)18/h4-5,8-10H,2-3,6-7H2,1H3,(H,15,16)(H,17,18)/t10-/m0/s1. The van der Waals surface area contributed by atoms with Crippen LogP contribution < -0.4 is 5.32 Å². The maximum Gasteiger partial charge on any atom is 0.303 e. The molecule has 0 saturated heterocycles. The molecule has 1 rings (SSSR count). The van der Waals surface area contributed by atoms with Gasteiger partial charge in [0.15, 0.2) is 0 Å². The molecule has 0 saturated carbocycles. The molecule has 0 aromatic carbocycles. The summed E-state index contributed by atoms with van der Waals surface area (Å²) in [5.41, 5.74) is 0.955. The Morgan fingerprint density at radius 3 is 2.72 bits per heavy atom. The zero-order valence-corrected chi connectivity index (χ0v) is 10.4. The first-order valence-electron chi connectivity index (χ1n) is 6.00. The number of aromatic nitrogens is 1. The zero-order valence-electron chi connectivity index (χ0n) is 10.4. The largest absolute Gasteiger partial charge is 0.481 e. The number of carbonyl (C=O) groups is 2. The van der Waals surface area contributed by atoms with E-state index in [1.807, 2.05) is 19.1 Å². The van der Waals surface area contributed by atoms with Crippen LogP contribution in [0.4, 0.5) is 0 Å². The summed E-state index contributed by atoms with van der Waals surface area (Å²) < 4.78 is 0. The van der Waals surface area contributed by atoms with Crippen molar-refractivity contribution in [1.82, 2.24) is 10.3 Å². The summed E-state index contributed by atoms with van der Waals surface area (Å²) in [6.45, 7) is 1.90. The minimum absolute atomic E-state index is 0.0586. The number of amides is 1. The van der Waals surface area contributed by atoms with E-state index in [1.165, 1.54) is 0 Å². The highest BCUT2D eigenvalue weighted by atomic mass is 16.4. The van der Waals surface area contributed by atoms with Crippen molar-refractivity contribution in [3.63, 3.8) is 0 Å². The van der Waals surface area contributed by atoms with Gasteiger partial charge in [0, 0.05) is 25.2 Å². The Hall–Kier alpha value is -1.91. The van der Waals surface area contributed by atoms with Crippen molar-refractivity contribution >= 4 is 11.9 Å². The Labute approximate surface area is 106 Å². The smallest absolute Gasteiger partial charge is 0.303 e. The molecule has 0 radical (unpaired) electrons. The summed E-state index contributed by atoms with van der Waals surface area (Å²) in [5, 5.41) is 11.3. The Morgan fingerprint density at radius 1 is 1.39 bits per heavy atom. The molecule has 98 valence electrons. The Kier molecular flexibility index (Phi) is 5.84. The first kappa shape index (κ1) is 14.2. The van der Waals surface area contributed by atoms with E-state index in [0.29, 0.717) is 19.3 Å². The number of unbranched alkanes of at least 4 members (excludes halogenated alkanes) is 1. The molecule has 0 aliphatic heterocycles. The van der Waals surface area contributed by atoms with Crippen molar-refractivity contribution in [3.05, 3.63) is 30.1 Å². The summed E-state index contributed by atoms with van der Waals surface area (Å²) in [6.07, 6.45) is 5.00. The molecule has 1 aromatic rings. The van der Waals surface area contributed by atoms with E-state index in [1.54, 1.807) is 12.4 Å². The van der Waals surface area contributed by atoms with Gasteiger partial charge in [-0.05, 0) is 31.4 Å². The van der Waals surface area contributed by atoms with Gasteiger partial charge in [-0.15, -0.1) is 0 Å². The second-order valence-electron chi connectivity index (χ2n) is 4.18. The maximum atomic E-state index is 11.6. The molecule has 0 fully saturated rings. The van der Waals surface area contributed by atoms with Crippen LogP contribution in [0.2, 0.25) is 0 Å². The number of hydrogen-bond acceptors (Lipinski definition) is 3. The van der Waals surface area contributed by atoms with Crippen LogP contribution in [0.1, 0.15) is 44.2 Å². The Bertz CT molecular complexity index is 392. The summed E-state index contributed by atoms with van der Waals surface area (Å²) >= 11 is 0. The highest BCUT2D eigenvalue weighted by Crippen LogP contribution is 2.10. The number of hydrogen-bond donors (Lipinski definition) is 2. The third kappa shape index (κ3) is 5.43. The SMILES string of the molecule is C[C@H](NC(=O)CCCCC(=O)O)c1cccnc1. The topological polar surface area (TPSA) is 79.3 Å². The van der Waals surface area contributed by atoms with Gasteiger partial charge in [-0.1, -0.05) is 6.07 Å². The lowest BCUT2D eigenvalue weighted by atomic mass is 10.1. The monoisotopic (exact) mass is 250 g/mol. The average molecular weight is 250 g/mol. The first-order chi connectivity index (χ1) is 8.59. The predicted molar refractivity (Wildman–Crippen MR) is 66.9 cm³/mol. The molecule has 2 N–H and O–H groups in total. The van der Waals surface area contributed by atoms with Gasteiger partial charge >= 0.3 is 5.97 Å². The number of aliphatic carboxylic acids is 1. The van der Waals surface area contributed by atoms with Crippen LogP contribution in [-0.4, -0.2) is 22.0 Å². The van der Waals surface area contributed by atoms with Crippen LogP contribution >= 0.6 is 0 Å². The van der Waals surface area contributed by atoms with E-state index in [9.17, 15) is 9.59 Å². The molecule has 0 bridgehead atoms. The zero-order chi connectivity index (χ0) is 13.4. The summed E-state index contributed by atoms with van der Waals surface area (Å²) in [5.74, 6) is -0.879. The summed E-state index contributed by atoms with van der Waals surface area (Å²) in [4.78, 5) is 25.9. The average Bonchev–Trinajstić information content (AvgIpc) is 2.35. The molecule has 5 nitrogen and oxygen atoms in total. The van der Waals surface area contributed by atoms with Crippen LogP contribution in [0.5, 0.6) is 0 Å². The van der Waals surface area contributed by atoms with Gasteiger partial charge in [0.25, 0.3) is 0 Å². The molecule has 5 heteroatoms. The van der Waals surface area contributed by atoms with Crippen molar-refractivity contribution in [3.8, 4) is 0 Å². The fourth-order valence-corrected chi connectivity index (χ4v) is 1.59. The number of carboxylic acids is 1. The second kappa shape index (κ2) is 7.42. The highest BCUT2D eigenvalue weighted by molar-refractivity contribution is 5.76. The van der Waals surface area contributed by atoms with Crippen molar-refractivity contribution in [2.75, 3.05) is 0 Å². The van der Waals surface area contributed by atoms with Gasteiger partial charge in [0.1, 0.15) is 0 Å². The summed E-state index contributed by atoms with van der Waals surface area (Å²) in [7, 11) is 0. The number of pyridine rings is 1. The van der Waals surface area contributed by atoms with E-state index in [4.69, 9.17) is 5.11 Å². The highest BCUT2D eigenvalue weighted by Gasteiger charge is 2.09. The van der Waals surface area contributed by atoms with Crippen molar-refractivity contribution < 1.29 is 14.7 Å². The fourth-order valence-electron chi connectivity index (χ4n) is 1.59. The minimum Gasteiger partial charge on any atom is -0.481 e. The molecule has 18 heavy (non-hydrogen) atoms. The predicted octanol–water partition coefficient (Wildman–Crippen LogP) is 1.90. The van der Waals surface area contributed by atoms with Gasteiger partial charge in [0.2, 0.25) is 5.91 Å². The van der Waals surface area contributed by atoms with Crippen LogP contribution in [-0.2, 0) is 9.59 Å². The molecular formula is C13H18N2O3. The maximum absolute atomic E-state index is 11.6. The number of nitrogens with one attached hydrogen (secondary N) is 1. The Balaban J connectivity index is 2.26. The lowest BCUT2D eigenvalue weighted by molar-refractivity contribution is -0.137. The third-order valence-electron chi connectivity index (χ3n) is 2.61. The summed E-state index contributed by atoms with van der Waals surface area (Å²) in [6, 6.07) is 3.65. The number of carbonyl (C=O) groups excluding carboxylic acids is 1. The molecule has 1 aromatic heterocycles. The molecule has 0 unspecified atom stereocenters. The molecule has 1 amide bonds. The van der Waals surface area contributed by atoms with Crippen molar-refractivity contribution in [2.24, 2.45) is 0 Å². The van der Waals surface area contributed by atoms with E-state index in [-0.39, 0.29) is 18.4 Å². The number of carboxylic acid groups (broad SMARTS) is 1. The minimum atomic E-state index is -0.820. The van der Waals surface area contributed by atoms with Crippen molar-refractivity contribution in [1.29, 1.82) is 0 Å². The lowest BCUT2D eigenvalue weighted by Crippen LogP contribution is -2.26. The molecule has 0 spiro atoms. The third-order valence-corrected chi connectivity index (χ3v) is 2.61. The van der Waals surface area contributed by atoms with E-state index >= 15 is 0 Å². The molecule has 1 heterocycles. The first-order valence-corrected chi connectivity index (χ1v) is 6.00. The van der Waals surface area contributed by atoms with Crippen LogP contribution in [0.25, 0.3) is 0 Å². The van der Waals surface area contributed by atoms with Gasteiger partial charge in [-0.25, -0.2) is 0 Å². The van der Waals surface area contributed by atoms with Gasteiger partial charge in [-0.3, -0.25) is 14.6 Å². The molecule has 1 atom stereocenters. The molecule has 0 aliphatic rings.